The van der Waals surface area contributed by atoms with Gasteiger partial charge in [0.15, 0.2) is 0 Å². The van der Waals surface area contributed by atoms with Crippen molar-refractivity contribution in [2.24, 2.45) is 7.05 Å². The minimum absolute atomic E-state index is 0.159. The molecule has 0 aromatic carbocycles. The van der Waals surface area contributed by atoms with Gasteiger partial charge in [-0.1, -0.05) is 0 Å². The first-order chi connectivity index (χ1) is 7.08. The van der Waals surface area contributed by atoms with Gasteiger partial charge in [-0.15, -0.1) is 0 Å². The van der Waals surface area contributed by atoms with Crippen LogP contribution >= 0.6 is 0 Å². The number of rotatable bonds is 3. The van der Waals surface area contributed by atoms with Crippen molar-refractivity contribution in [2.75, 3.05) is 0 Å². The molecule has 1 amide bonds. The average Bonchev–Trinajstić information content (AvgIpc) is 2.94. The minimum Gasteiger partial charge on any atom is -0.353 e. The van der Waals surface area contributed by atoms with E-state index in [1.807, 2.05) is 7.05 Å². The van der Waals surface area contributed by atoms with E-state index in [9.17, 15) is 4.79 Å². The third-order valence-corrected chi connectivity index (χ3v) is 3.17. The largest absolute Gasteiger partial charge is 0.353 e. The lowest BCUT2D eigenvalue weighted by molar-refractivity contribution is -0.120. The number of nitrogens with zero attached hydrogens (tertiary/aromatic N) is 1. The Balaban J connectivity index is 2.02. The van der Waals surface area contributed by atoms with Gasteiger partial charge in [-0.2, -0.15) is 0 Å². The Bertz CT molecular complexity index is 389. The van der Waals surface area contributed by atoms with E-state index in [2.05, 4.69) is 29.8 Å². The van der Waals surface area contributed by atoms with Crippen LogP contribution in [0, 0.1) is 13.8 Å². The predicted octanol–water partition coefficient (Wildman–Crippen LogP) is 1.46. The van der Waals surface area contributed by atoms with Gasteiger partial charge >= 0.3 is 0 Å². The van der Waals surface area contributed by atoms with Crippen molar-refractivity contribution < 1.29 is 4.79 Å². The van der Waals surface area contributed by atoms with Crippen molar-refractivity contribution in [1.29, 1.82) is 0 Å². The zero-order chi connectivity index (χ0) is 11.0. The molecule has 3 nitrogen and oxygen atoms in total. The highest BCUT2D eigenvalue weighted by atomic mass is 16.1. The van der Waals surface area contributed by atoms with Crippen LogP contribution in [0.1, 0.15) is 29.8 Å². The lowest BCUT2D eigenvalue weighted by atomic mass is 10.1. The molecule has 0 radical (unpaired) electrons. The Hall–Kier alpha value is -1.25. The fourth-order valence-corrected chi connectivity index (χ4v) is 1.79. The summed E-state index contributed by atoms with van der Waals surface area (Å²) in [5.41, 5.74) is 3.55. The molecular formula is C12H18N2O. The van der Waals surface area contributed by atoms with E-state index in [0.717, 1.165) is 18.4 Å². The summed E-state index contributed by atoms with van der Waals surface area (Å²) in [5, 5.41) is 3.01. The number of aryl methyl sites for hydroxylation is 1. The van der Waals surface area contributed by atoms with Crippen LogP contribution in [-0.2, 0) is 18.3 Å². The summed E-state index contributed by atoms with van der Waals surface area (Å²) in [7, 11) is 2.03. The van der Waals surface area contributed by atoms with Gasteiger partial charge < -0.3 is 9.88 Å². The number of carbonyl (C=O) groups is 1. The van der Waals surface area contributed by atoms with Gasteiger partial charge in [0.25, 0.3) is 0 Å². The SMILES string of the molecule is Cc1cc(CC(=O)NC2CC2)c(C)n1C. The average molecular weight is 206 g/mol. The highest BCUT2D eigenvalue weighted by molar-refractivity contribution is 5.79. The maximum Gasteiger partial charge on any atom is 0.224 e. The van der Waals surface area contributed by atoms with Crippen LogP contribution in [0.4, 0.5) is 0 Å². The molecule has 0 unspecified atom stereocenters. The molecule has 1 fully saturated rings. The van der Waals surface area contributed by atoms with Crippen LogP contribution in [0.25, 0.3) is 0 Å². The van der Waals surface area contributed by atoms with Crippen LogP contribution in [0.15, 0.2) is 6.07 Å². The fourth-order valence-electron chi connectivity index (χ4n) is 1.79. The number of hydrogen-bond donors (Lipinski definition) is 1. The summed E-state index contributed by atoms with van der Waals surface area (Å²) < 4.78 is 2.12. The number of amides is 1. The van der Waals surface area contributed by atoms with Crippen LogP contribution in [0.5, 0.6) is 0 Å². The second-order valence-electron chi connectivity index (χ2n) is 4.47. The third kappa shape index (κ3) is 2.22. The van der Waals surface area contributed by atoms with Crippen molar-refractivity contribution in [3.05, 3.63) is 23.0 Å². The quantitative estimate of drug-likeness (QED) is 0.798. The molecule has 3 heteroatoms. The summed E-state index contributed by atoms with van der Waals surface area (Å²) >= 11 is 0. The summed E-state index contributed by atoms with van der Waals surface area (Å²) in [6.45, 7) is 4.13. The summed E-state index contributed by atoms with van der Waals surface area (Å²) in [5.74, 6) is 0.159. The van der Waals surface area contributed by atoms with E-state index in [4.69, 9.17) is 0 Å². The van der Waals surface area contributed by atoms with Gasteiger partial charge in [-0.3, -0.25) is 4.79 Å². The molecule has 2 rings (SSSR count). The van der Waals surface area contributed by atoms with Crippen molar-refractivity contribution in [2.45, 2.75) is 39.2 Å². The minimum atomic E-state index is 0.159. The van der Waals surface area contributed by atoms with Gasteiger partial charge in [0.05, 0.1) is 6.42 Å². The Labute approximate surface area is 90.5 Å². The molecule has 0 atom stereocenters. The smallest absolute Gasteiger partial charge is 0.224 e. The number of aromatic nitrogens is 1. The Kier molecular flexibility index (Phi) is 2.55. The molecule has 0 saturated heterocycles. The molecule has 82 valence electrons. The van der Waals surface area contributed by atoms with Crippen molar-refractivity contribution in [3.8, 4) is 0 Å². The van der Waals surface area contributed by atoms with Gasteiger partial charge in [0.1, 0.15) is 0 Å². The molecular weight excluding hydrogens is 188 g/mol. The number of nitrogens with one attached hydrogen (secondary N) is 1. The maximum atomic E-state index is 11.6. The van der Waals surface area contributed by atoms with Crippen LogP contribution in [0.3, 0.4) is 0 Å². The summed E-state index contributed by atoms with van der Waals surface area (Å²) in [4.78, 5) is 11.6. The predicted molar refractivity (Wildman–Crippen MR) is 59.8 cm³/mol. The van der Waals surface area contributed by atoms with E-state index in [1.165, 1.54) is 11.4 Å². The molecule has 1 aromatic rings. The molecule has 1 aliphatic rings. The molecule has 1 N–H and O–H groups in total. The number of carbonyl (C=O) groups excluding carboxylic acids is 1. The standard InChI is InChI=1S/C12H18N2O/c1-8-6-10(9(2)14(8)3)7-12(15)13-11-4-5-11/h6,11H,4-5,7H2,1-3H3,(H,13,15). The topological polar surface area (TPSA) is 34.0 Å². The Morgan fingerprint density at radius 1 is 1.53 bits per heavy atom. The molecule has 1 heterocycles. The molecule has 15 heavy (non-hydrogen) atoms. The van der Waals surface area contributed by atoms with Crippen molar-refractivity contribution in [1.82, 2.24) is 9.88 Å². The second kappa shape index (κ2) is 3.72. The molecule has 1 saturated carbocycles. The van der Waals surface area contributed by atoms with Gasteiger partial charge in [0.2, 0.25) is 5.91 Å². The third-order valence-electron chi connectivity index (χ3n) is 3.17. The van der Waals surface area contributed by atoms with Gasteiger partial charge in [0, 0.05) is 24.5 Å². The highest BCUT2D eigenvalue weighted by Gasteiger charge is 2.23. The summed E-state index contributed by atoms with van der Waals surface area (Å²) in [6.07, 6.45) is 2.82. The first-order valence-electron chi connectivity index (χ1n) is 5.49. The van der Waals surface area contributed by atoms with Gasteiger partial charge in [-0.05, 0) is 38.3 Å². The summed E-state index contributed by atoms with van der Waals surface area (Å²) in [6, 6.07) is 2.56. The number of hydrogen-bond acceptors (Lipinski definition) is 1. The maximum absolute atomic E-state index is 11.6. The normalized spacial score (nSPS) is 15.4. The fraction of sp³-hybridized carbons (Fsp3) is 0.583. The van der Waals surface area contributed by atoms with E-state index < -0.39 is 0 Å². The van der Waals surface area contributed by atoms with E-state index in [0.29, 0.717) is 12.5 Å². The zero-order valence-electron chi connectivity index (χ0n) is 9.63. The van der Waals surface area contributed by atoms with E-state index in [-0.39, 0.29) is 5.91 Å². The second-order valence-corrected chi connectivity index (χ2v) is 4.47. The Morgan fingerprint density at radius 3 is 2.67 bits per heavy atom. The van der Waals surface area contributed by atoms with Crippen molar-refractivity contribution >= 4 is 5.91 Å². The lowest BCUT2D eigenvalue weighted by Gasteiger charge is -2.03. The van der Waals surface area contributed by atoms with Crippen LogP contribution < -0.4 is 5.32 Å². The molecule has 0 aliphatic heterocycles. The van der Waals surface area contributed by atoms with E-state index >= 15 is 0 Å². The lowest BCUT2D eigenvalue weighted by Crippen LogP contribution is -2.27. The first kappa shape index (κ1) is 10.3. The Morgan fingerprint density at radius 2 is 2.20 bits per heavy atom. The molecule has 0 bridgehead atoms. The monoisotopic (exact) mass is 206 g/mol. The molecule has 0 spiro atoms. The van der Waals surface area contributed by atoms with Crippen LogP contribution in [-0.4, -0.2) is 16.5 Å². The zero-order valence-corrected chi connectivity index (χ0v) is 9.63. The highest BCUT2D eigenvalue weighted by Crippen LogP contribution is 2.19. The van der Waals surface area contributed by atoms with Crippen LogP contribution in [0.2, 0.25) is 0 Å². The molecule has 1 aliphatic carbocycles. The van der Waals surface area contributed by atoms with Crippen molar-refractivity contribution in [3.63, 3.8) is 0 Å². The molecule has 1 aromatic heterocycles. The first-order valence-corrected chi connectivity index (χ1v) is 5.49. The van der Waals surface area contributed by atoms with E-state index in [1.54, 1.807) is 0 Å². The van der Waals surface area contributed by atoms with Gasteiger partial charge in [-0.25, -0.2) is 0 Å².